The molecule has 0 aliphatic heterocycles. The topological polar surface area (TPSA) is 95.5 Å². The summed E-state index contributed by atoms with van der Waals surface area (Å²) in [6.07, 6.45) is 0. The van der Waals surface area contributed by atoms with Crippen LogP contribution in [0.2, 0.25) is 0 Å². The van der Waals surface area contributed by atoms with Gasteiger partial charge in [-0.1, -0.05) is 30.3 Å². The van der Waals surface area contributed by atoms with E-state index in [0.29, 0.717) is 5.56 Å². The Morgan fingerprint density at radius 3 is 2.53 bits per heavy atom. The number of esters is 1. The summed E-state index contributed by atoms with van der Waals surface area (Å²) in [4.78, 5) is 21.4. The highest BCUT2D eigenvalue weighted by Crippen LogP contribution is 2.19. The van der Waals surface area contributed by atoms with Crippen LogP contribution in [0, 0.1) is 10.1 Å². The Labute approximate surface area is 98.5 Å². The van der Waals surface area contributed by atoms with Crippen LogP contribution in [0.15, 0.2) is 30.3 Å². The molecular formula is C11H14N2O4. The van der Waals surface area contributed by atoms with Crippen LogP contribution in [-0.4, -0.2) is 30.6 Å². The molecule has 0 spiro atoms. The zero-order chi connectivity index (χ0) is 12.8. The van der Waals surface area contributed by atoms with E-state index >= 15 is 0 Å². The molecule has 0 aliphatic carbocycles. The fraction of sp³-hybridized carbons (Fsp3) is 0.364. The molecule has 0 radical (unpaired) electrons. The second kappa shape index (κ2) is 5.95. The summed E-state index contributed by atoms with van der Waals surface area (Å²) in [6, 6.07) is 7.65. The predicted octanol–water partition coefficient (Wildman–Crippen LogP) is 0.547. The highest BCUT2D eigenvalue weighted by molar-refractivity contribution is 5.76. The number of hydrogen-bond donors (Lipinski definition) is 1. The van der Waals surface area contributed by atoms with Crippen LogP contribution in [0.25, 0.3) is 0 Å². The molecule has 0 fully saturated rings. The Morgan fingerprint density at radius 2 is 2.06 bits per heavy atom. The molecule has 0 bridgehead atoms. The molecule has 0 saturated heterocycles. The Hall–Kier alpha value is -1.95. The predicted molar refractivity (Wildman–Crippen MR) is 61.0 cm³/mol. The van der Waals surface area contributed by atoms with Crippen LogP contribution in [0.3, 0.4) is 0 Å². The molecule has 6 heteroatoms. The third-order valence-electron chi connectivity index (χ3n) is 2.48. The number of benzene rings is 1. The molecule has 0 aliphatic rings. The number of nitro groups is 1. The lowest BCUT2D eigenvalue weighted by atomic mass is 9.92. The van der Waals surface area contributed by atoms with Gasteiger partial charge in [0.25, 0.3) is 0 Å². The largest absolute Gasteiger partial charge is 0.468 e. The molecule has 0 unspecified atom stereocenters. The fourth-order valence-corrected chi connectivity index (χ4v) is 1.59. The standard InChI is InChI=1S/C11H14N2O4/c1-17-11(14)10(12)9(7-13(15)16)8-5-3-2-4-6-8/h2-6,9-10H,7,12H2,1H3/t9-,10-/m1/s1. The zero-order valence-electron chi connectivity index (χ0n) is 9.41. The SMILES string of the molecule is COC(=O)[C@H](N)[C@H](C[N+](=O)[O-])c1ccccc1. The van der Waals surface area contributed by atoms with Gasteiger partial charge in [-0.25, -0.2) is 0 Å². The maximum atomic E-state index is 11.3. The molecule has 92 valence electrons. The van der Waals surface area contributed by atoms with Crippen molar-refractivity contribution in [2.45, 2.75) is 12.0 Å². The number of hydrogen-bond acceptors (Lipinski definition) is 5. The molecule has 17 heavy (non-hydrogen) atoms. The van der Waals surface area contributed by atoms with Crippen molar-refractivity contribution >= 4 is 5.97 Å². The van der Waals surface area contributed by atoms with Crippen LogP contribution in [0.1, 0.15) is 11.5 Å². The zero-order valence-corrected chi connectivity index (χ0v) is 9.41. The van der Waals surface area contributed by atoms with Crippen LogP contribution < -0.4 is 5.73 Å². The molecule has 1 rings (SSSR count). The summed E-state index contributed by atoms with van der Waals surface area (Å²) in [5, 5.41) is 10.6. The van der Waals surface area contributed by atoms with E-state index in [1.54, 1.807) is 30.3 Å². The summed E-state index contributed by atoms with van der Waals surface area (Å²) < 4.78 is 4.51. The van der Waals surface area contributed by atoms with Crippen molar-refractivity contribution in [3.05, 3.63) is 46.0 Å². The normalized spacial score (nSPS) is 13.8. The lowest BCUT2D eigenvalue weighted by Gasteiger charge is -2.18. The molecule has 0 aromatic heterocycles. The van der Waals surface area contributed by atoms with Crippen molar-refractivity contribution in [2.75, 3.05) is 13.7 Å². The minimum atomic E-state index is -1.03. The molecule has 0 saturated carbocycles. The van der Waals surface area contributed by atoms with Gasteiger partial charge in [0.2, 0.25) is 6.54 Å². The third kappa shape index (κ3) is 3.53. The summed E-state index contributed by atoms with van der Waals surface area (Å²) in [6.45, 7) is -0.403. The van der Waals surface area contributed by atoms with Gasteiger partial charge in [-0.05, 0) is 5.56 Å². The van der Waals surface area contributed by atoms with E-state index in [1.807, 2.05) is 0 Å². The van der Waals surface area contributed by atoms with Gasteiger partial charge in [0.05, 0.1) is 13.0 Å². The molecule has 2 N–H and O–H groups in total. The van der Waals surface area contributed by atoms with Crippen LogP contribution >= 0.6 is 0 Å². The number of ether oxygens (including phenoxy) is 1. The first-order chi connectivity index (χ1) is 8.06. The smallest absolute Gasteiger partial charge is 0.323 e. The number of nitrogens with two attached hydrogens (primary N) is 1. The van der Waals surface area contributed by atoms with Gasteiger partial charge in [-0.3, -0.25) is 14.9 Å². The Balaban J connectivity index is 2.95. The van der Waals surface area contributed by atoms with Crippen LogP contribution in [-0.2, 0) is 9.53 Å². The molecule has 2 atom stereocenters. The highest BCUT2D eigenvalue weighted by Gasteiger charge is 2.30. The fourth-order valence-electron chi connectivity index (χ4n) is 1.59. The highest BCUT2D eigenvalue weighted by atomic mass is 16.6. The van der Waals surface area contributed by atoms with E-state index in [0.717, 1.165) is 0 Å². The molecule has 1 aromatic carbocycles. The lowest BCUT2D eigenvalue weighted by Crippen LogP contribution is -2.40. The molecule has 0 amide bonds. The number of nitrogens with zero attached hydrogens (tertiary/aromatic N) is 1. The monoisotopic (exact) mass is 238 g/mol. The second-order valence-corrected chi connectivity index (χ2v) is 3.58. The van der Waals surface area contributed by atoms with E-state index in [4.69, 9.17) is 5.73 Å². The summed E-state index contributed by atoms with van der Waals surface area (Å²) in [7, 11) is 1.20. The van der Waals surface area contributed by atoms with Gasteiger partial charge in [-0.2, -0.15) is 0 Å². The van der Waals surface area contributed by atoms with Crippen LogP contribution in [0.5, 0.6) is 0 Å². The van der Waals surface area contributed by atoms with Crippen molar-refractivity contribution in [1.82, 2.24) is 0 Å². The minimum absolute atomic E-state index is 0.403. The molecule has 1 aromatic rings. The van der Waals surface area contributed by atoms with Crippen LogP contribution in [0.4, 0.5) is 0 Å². The summed E-state index contributed by atoms with van der Waals surface area (Å²) >= 11 is 0. The Kier molecular flexibility index (Phi) is 4.59. The van der Waals surface area contributed by atoms with E-state index in [2.05, 4.69) is 4.74 Å². The van der Waals surface area contributed by atoms with Gasteiger partial charge in [0, 0.05) is 4.92 Å². The van der Waals surface area contributed by atoms with Crippen molar-refractivity contribution in [1.29, 1.82) is 0 Å². The number of rotatable bonds is 5. The Morgan fingerprint density at radius 1 is 1.47 bits per heavy atom. The quantitative estimate of drug-likeness (QED) is 0.459. The Bertz CT molecular complexity index is 394. The minimum Gasteiger partial charge on any atom is -0.468 e. The maximum Gasteiger partial charge on any atom is 0.323 e. The van der Waals surface area contributed by atoms with Crippen molar-refractivity contribution in [3.63, 3.8) is 0 Å². The van der Waals surface area contributed by atoms with Crippen molar-refractivity contribution in [2.24, 2.45) is 5.73 Å². The van der Waals surface area contributed by atoms with E-state index in [-0.39, 0.29) is 0 Å². The molecular weight excluding hydrogens is 224 g/mol. The van der Waals surface area contributed by atoms with E-state index in [9.17, 15) is 14.9 Å². The van der Waals surface area contributed by atoms with Crippen molar-refractivity contribution in [3.8, 4) is 0 Å². The molecule has 6 nitrogen and oxygen atoms in total. The van der Waals surface area contributed by atoms with Gasteiger partial charge >= 0.3 is 5.97 Å². The van der Waals surface area contributed by atoms with Gasteiger partial charge in [-0.15, -0.1) is 0 Å². The summed E-state index contributed by atoms with van der Waals surface area (Å²) in [5.41, 5.74) is 6.33. The average molecular weight is 238 g/mol. The number of carbonyl (C=O) groups excluding carboxylic acids is 1. The van der Waals surface area contributed by atoms with Gasteiger partial charge in [0.1, 0.15) is 6.04 Å². The average Bonchev–Trinajstić information content (AvgIpc) is 2.35. The second-order valence-electron chi connectivity index (χ2n) is 3.58. The number of carbonyl (C=O) groups is 1. The van der Waals surface area contributed by atoms with Gasteiger partial charge < -0.3 is 10.5 Å². The van der Waals surface area contributed by atoms with E-state index in [1.165, 1.54) is 7.11 Å². The van der Waals surface area contributed by atoms with E-state index < -0.39 is 29.4 Å². The summed E-state index contributed by atoms with van der Waals surface area (Å²) in [5.74, 6) is -1.33. The van der Waals surface area contributed by atoms with Crippen molar-refractivity contribution < 1.29 is 14.5 Å². The first kappa shape index (κ1) is 13.1. The first-order valence-electron chi connectivity index (χ1n) is 5.06. The maximum absolute atomic E-state index is 11.3. The number of methoxy groups -OCH3 is 1. The molecule has 0 heterocycles. The lowest BCUT2D eigenvalue weighted by molar-refractivity contribution is -0.483. The first-order valence-corrected chi connectivity index (χ1v) is 5.06. The van der Waals surface area contributed by atoms with Gasteiger partial charge in [0.15, 0.2) is 0 Å². The third-order valence-corrected chi connectivity index (χ3v) is 2.48.